The van der Waals surface area contributed by atoms with Crippen molar-refractivity contribution in [1.82, 2.24) is 4.98 Å². The van der Waals surface area contributed by atoms with Gasteiger partial charge in [-0.2, -0.15) is 0 Å². The largest absolute Gasteiger partial charge is 0.397 e. The van der Waals surface area contributed by atoms with Crippen LogP contribution in [0.1, 0.15) is 5.69 Å². The lowest BCUT2D eigenvalue weighted by molar-refractivity contribution is 0.626. The van der Waals surface area contributed by atoms with E-state index in [2.05, 4.69) is 21.4 Å². The lowest BCUT2D eigenvalue weighted by atomic mass is 10.1. The molecule has 126 valence electrons. The monoisotopic (exact) mass is 352 g/mol. The molecule has 2 aromatic carbocycles. The van der Waals surface area contributed by atoms with Gasteiger partial charge in [0.05, 0.1) is 22.8 Å². The molecule has 3 rings (SSSR count). The second kappa shape index (κ2) is 7.36. The Bertz CT molecular complexity index is 910. The standard InChI is InChI=1S/C19H17FN4S/c1-12-18(24-25-16-6-4-15(20)5-7-16)10-14(11-23-12)13-3-8-17(21)19(9-13)22-2/h3-11,24H,2,21H2,1H3. The van der Waals surface area contributed by atoms with Gasteiger partial charge in [-0.15, -0.1) is 0 Å². The molecule has 0 aliphatic heterocycles. The summed E-state index contributed by atoms with van der Waals surface area (Å²) in [6, 6.07) is 13.9. The number of pyridine rings is 1. The van der Waals surface area contributed by atoms with E-state index in [1.54, 1.807) is 18.2 Å². The van der Waals surface area contributed by atoms with Crippen molar-refractivity contribution in [3.63, 3.8) is 0 Å². The molecule has 0 aliphatic carbocycles. The average molecular weight is 352 g/mol. The Morgan fingerprint density at radius 1 is 1.12 bits per heavy atom. The van der Waals surface area contributed by atoms with E-state index in [1.165, 1.54) is 24.1 Å². The topological polar surface area (TPSA) is 63.3 Å². The molecule has 0 saturated heterocycles. The van der Waals surface area contributed by atoms with Crippen molar-refractivity contribution in [1.29, 1.82) is 0 Å². The summed E-state index contributed by atoms with van der Waals surface area (Å²) < 4.78 is 16.3. The molecule has 25 heavy (non-hydrogen) atoms. The van der Waals surface area contributed by atoms with Crippen LogP contribution in [0, 0.1) is 12.7 Å². The zero-order chi connectivity index (χ0) is 17.8. The Labute approximate surface area is 150 Å². The van der Waals surface area contributed by atoms with Crippen molar-refractivity contribution in [3.8, 4) is 11.1 Å². The van der Waals surface area contributed by atoms with Crippen LogP contribution in [-0.2, 0) is 0 Å². The van der Waals surface area contributed by atoms with Crippen molar-refractivity contribution < 1.29 is 4.39 Å². The zero-order valence-corrected chi connectivity index (χ0v) is 14.5. The van der Waals surface area contributed by atoms with Crippen LogP contribution in [0.4, 0.5) is 21.5 Å². The van der Waals surface area contributed by atoms with E-state index >= 15 is 0 Å². The molecule has 1 aromatic heterocycles. The number of rotatable bonds is 5. The van der Waals surface area contributed by atoms with Crippen LogP contribution in [0.5, 0.6) is 0 Å². The number of halogens is 1. The van der Waals surface area contributed by atoms with E-state index in [0.29, 0.717) is 11.4 Å². The molecule has 0 atom stereocenters. The molecule has 0 fully saturated rings. The van der Waals surface area contributed by atoms with Gasteiger partial charge in [-0.05, 0) is 73.6 Å². The van der Waals surface area contributed by atoms with Crippen molar-refractivity contribution in [2.45, 2.75) is 11.8 Å². The second-order valence-corrected chi connectivity index (χ2v) is 6.33. The summed E-state index contributed by atoms with van der Waals surface area (Å²) in [6.07, 6.45) is 1.81. The first-order chi connectivity index (χ1) is 12.1. The van der Waals surface area contributed by atoms with Crippen LogP contribution in [-0.4, -0.2) is 11.7 Å². The van der Waals surface area contributed by atoms with E-state index < -0.39 is 0 Å². The van der Waals surface area contributed by atoms with E-state index in [1.807, 2.05) is 31.3 Å². The molecule has 0 radical (unpaired) electrons. The molecular formula is C19H17FN4S. The first-order valence-corrected chi connectivity index (χ1v) is 8.40. The number of nitrogens with zero attached hydrogens (tertiary/aromatic N) is 2. The molecule has 6 heteroatoms. The molecule has 1 heterocycles. The summed E-state index contributed by atoms with van der Waals surface area (Å²) in [5, 5.41) is 0. The Morgan fingerprint density at radius 2 is 1.88 bits per heavy atom. The van der Waals surface area contributed by atoms with Gasteiger partial charge in [-0.25, -0.2) is 4.39 Å². The van der Waals surface area contributed by atoms with Crippen LogP contribution < -0.4 is 10.5 Å². The summed E-state index contributed by atoms with van der Waals surface area (Å²) in [5.74, 6) is -0.251. The Morgan fingerprint density at radius 3 is 2.60 bits per heavy atom. The number of nitrogens with one attached hydrogen (secondary N) is 1. The number of hydrogen-bond acceptors (Lipinski definition) is 5. The molecule has 3 aromatic rings. The maximum Gasteiger partial charge on any atom is 0.123 e. The number of anilines is 2. The molecule has 0 spiro atoms. The number of benzene rings is 2. The summed E-state index contributed by atoms with van der Waals surface area (Å²) in [7, 11) is 0. The van der Waals surface area contributed by atoms with Gasteiger partial charge in [0.1, 0.15) is 5.82 Å². The third kappa shape index (κ3) is 3.97. The van der Waals surface area contributed by atoms with Gasteiger partial charge in [0.15, 0.2) is 0 Å². The van der Waals surface area contributed by atoms with E-state index in [-0.39, 0.29) is 5.82 Å². The van der Waals surface area contributed by atoms with Gasteiger partial charge in [0.2, 0.25) is 0 Å². The summed E-state index contributed by atoms with van der Waals surface area (Å²) in [5.41, 5.74) is 10.8. The maximum absolute atomic E-state index is 13.0. The van der Waals surface area contributed by atoms with Crippen LogP contribution in [0.15, 0.2) is 64.6 Å². The van der Waals surface area contributed by atoms with Gasteiger partial charge in [0.25, 0.3) is 0 Å². The zero-order valence-electron chi connectivity index (χ0n) is 13.7. The van der Waals surface area contributed by atoms with Crippen molar-refractivity contribution >= 4 is 35.7 Å². The summed E-state index contributed by atoms with van der Waals surface area (Å²) in [6.45, 7) is 5.47. The third-order valence-corrected chi connectivity index (χ3v) is 4.54. The number of aromatic nitrogens is 1. The molecule has 0 saturated carbocycles. The van der Waals surface area contributed by atoms with E-state index in [4.69, 9.17) is 5.73 Å². The fraction of sp³-hybridized carbons (Fsp3) is 0.0526. The van der Waals surface area contributed by atoms with Crippen LogP contribution >= 0.6 is 11.9 Å². The first-order valence-electron chi connectivity index (χ1n) is 7.58. The molecule has 4 nitrogen and oxygen atoms in total. The minimum absolute atomic E-state index is 0.251. The quantitative estimate of drug-likeness (QED) is 0.375. The number of hydrogen-bond donors (Lipinski definition) is 2. The van der Waals surface area contributed by atoms with Crippen molar-refractivity contribution in [2.24, 2.45) is 4.99 Å². The van der Waals surface area contributed by atoms with E-state index in [9.17, 15) is 4.39 Å². The predicted octanol–water partition coefficient (Wildman–Crippen LogP) is 5.23. The highest BCUT2D eigenvalue weighted by Crippen LogP contribution is 2.31. The van der Waals surface area contributed by atoms with Crippen LogP contribution in [0.3, 0.4) is 0 Å². The number of nitrogen functional groups attached to an aromatic ring is 1. The van der Waals surface area contributed by atoms with Crippen LogP contribution in [0.25, 0.3) is 11.1 Å². The lowest BCUT2D eigenvalue weighted by Gasteiger charge is -2.11. The number of nitrogens with two attached hydrogens (primary N) is 1. The van der Waals surface area contributed by atoms with Gasteiger partial charge < -0.3 is 10.5 Å². The minimum atomic E-state index is -0.251. The van der Waals surface area contributed by atoms with Gasteiger partial charge in [0, 0.05) is 16.7 Å². The Balaban J connectivity index is 1.85. The normalized spacial score (nSPS) is 10.5. The average Bonchev–Trinajstić information content (AvgIpc) is 2.63. The first kappa shape index (κ1) is 17.0. The lowest BCUT2D eigenvalue weighted by Crippen LogP contribution is -1.94. The molecule has 3 N–H and O–H groups in total. The second-order valence-electron chi connectivity index (χ2n) is 5.45. The molecule has 0 amide bonds. The smallest absolute Gasteiger partial charge is 0.123 e. The number of aryl methyl sites for hydroxylation is 1. The highest BCUT2D eigenvalue weighted by Gasteiger charge is 2.07. The molecular weight excluding hydrogens is 335 g/mol. The van der Waals surface area contributed by atoms with Crippen molar-refractivity contribution in [3.05, 3.63) is 66.2 Å². The maximum atomic E-state index is 13.0. The summed E-state index contributed by atoms with van der Waals surface area (Å²) in [4.78, 5) is 9.29. The molecule has 0 bridgehead atoms. The van der Waals surface area contributed by atoms with Gasteiger partial charge in [-0.3, -0.25) is 9.98 Å². The highest BCUT2D eigenvalue weighted by molar-refractivity contribution is 8.00. The van der Waals surface area contributed by atoms with Gasteiger partial charge >= 0.3 is 0 Å². The highest BCUT2D eigenvalue weighted by atomic mass is 32.2. The van der Waals surface area contributed by atoms with E-state index in [0.717, 1.165) is 27.4 Å². The Kier molecular flexibility index (Phi) is 5.00. The summed E-state index contributed by atoms with van der Waals surface area (Å²) >= 11 is 1.41. The van der Waals surface area contributed by atoms with Crippen LogP contribution in [0.2, 0.25) is 0 Å². The Hall–Kier alpha value is -2.86. The fourth-order valence-electron chi connectivity index (χ4n) is 2.27. The minimum Gasteiger partial charge on any atom is -0.397 e. The molecule has 0 aliphatic rings. The van der Waals surface area contributed by atoms with Crippen molar-refractivity contribution in [2.75, 3.05) is 10.5 Å². The number of aliphatic imine (C=N–C) groups is 1. The third-order valence-electron chi connectivity index (χ3n) is 3.71. The van der Waals surface area contributed by atoms with Gasteiger partial charge in [-0.1, -0.05) is 6.07 Å². The predicted molar refractivity (Wildman–Crippen MR) is 104 cm³/mol. The molecule has 0 unspecified atom stereocenters. The fourth-order valence-corrected chi connectivity index (χ4v) is 2.98. The SMILES string of the molecule is C=Nc1cc(-c2cnc(C)c(NSc3ccc(F)cc3)c2)ccc1N.